The summed E-state index contributed by atoms with van der Waals surface area (Å²) in [4.78, 5) is 4.48. The summed E-state index contributed by atoms with van der Waals surface area (Å²) in [6.45, 7) is 1.03. The predicted molar refractivity (Wildman–Crippen MR) is 62.9 cm³/mol. The summed E-state index contributed by atoms with van der Waals surface area (Å²) in [6.07, 6.45) is 4.56. The molecule has 0 atom stereocenters. The van der Waals surface area contributed by atoms with E-state index in [1.165, 1.54) is 24.1 Å². The zero-order valence-electron chi connectivity index (χ0n) is 9.20. The monoisotopic (exact) mass is 203 g/mol. The summed E-state index contributed by atoms with van der Waals surface area (Å²) < 4.78 is 5.32. The van der Waals surface area contributed by atoms with Crippen molar-refractivity contribution in [2.75, 3.05) is 13.7 Å². The van der Waals surface area contributed by atoms with E-state index in [0.29, 0.717) is 0 Å². The maximum Gasteiger partial charge on any atom is 0.122 e. The zero-order valence-corrected chi connectivity index (χ0v) is 9.20. The fraction of sp³-hybridized carbons (Fsp3) is 0.462. The number of ether oxygens (including phenoxy) is 1. The molecule has 1 aliphatic rings. The molecule has 1 aromatic carbocycles. The minimum atomic E-state index is 0.996. The maximum atomic E-state index is 5.32. The van der Waals surface area contributed by atoms with E-state index < -0.39 is 0 Å². The molecular weight excluding hydrogens is 186 g/mol. The SMILES string of the molecule is COc1ccccc1CCC1=NCCC1. The number of aliphatic imine (C=N–C) groups is 1. The van der Waals surface area contributed by atoms with Gasteiger partial charge in [-0.05, 0) is 37.3 Å². The van der Waals surface area contributed by atoms with Crippen LogP contribution in [0.2, 0.25) is 0 Å². The lowest BCUT2D eigenvalue weighted by Gasteiger charge is -2.07. The number of rotatable bonds is 4. The maximum absolute atomic E-state index is 5.32. The van der Waals surface area contributed by atoms with Crippen LogP contribution >= 0.6 is 0 Å². The molecule has 0 spiro atoms. The second-order valence-corrected chi connectivity index (χ2v) is 3.86. The number of hydrogen-bond acceptors (Lipinski definition) is 2. The van der Waals surface area contributed by atoms with Crippen LogP contribution in [0.5, 0.6) is 5.75 Å². The molecule has 2 heteroatoms. The molecular formula is C13H17NO. The highest BCUT2D eigenvalue weighted by atomic mass is 16.5. The molecule has 80 valence electrons. The van der Waals surface area contributed by atoms with Gasteiger partial charge in [-0.3, -0.25) is 4.99 Å². The second kappa shape index (κ2) is 4.96. The van der Waals surface area contributed by atoms with Crippen LogP contribution in [0.1, 0.15) is 24.8 Å². The number of aryl methyl sites for hydroxylation is 1. The van der Waals surface area contributed by atoms with Gasteiger partial charge in [0.1, 0.15) is 5.75 Å². The molecule has 0 fully saturated rings. The first-order valence-electron chi connectivity index (χ1n) is 5.54. The minimum Gasteiger partial charge on any atom is -0.496 e. The lowest BCUT2D eigenvalue weighted by Crippen LogP contribution is -1.98. The van der Waals surface area contributed by atoms with Crippen LogP contribution < -0.4 is 4.74 Å². The molecule has 0 aliphatic carbocycles. The molecule has 0 bridgehead atoms. The fourth-order valence-electron chi connectivity index (χ4n) is 1.99. The summed E-state index contributed by atoms with van der Waals surface area (Å²) in [5, 5.41) is 0. The van der Waals surface area contributed by atoms with E-state index in [4.69, 9.17) is 4.74 Å². The van der Waals surface area contributed by atoms with Gasteiger partial charge < -0.3 is 4.74 Å². The molecule has 0 radical (unpaired) electrons. The number of hydrogen-bond donors (Lipinski definition) is 0. The van der Waals surface area contributed by atoms with Crippen LogP contribution in [0.25, 0.3) is 0 Å². The molecule has 0 unspecified atom stereocenters. The first-order chi connectivity index (χ1) is 7.40. The van der Waals surface area contributed by atoms with Gasteiger partial charge in [-0.15, -0.1) is 0 Å². The van der Waals surface area contributed by atoms with Crippen molar-refractivity contribution in [2.45, 2.75) is 25.7 Å². The highest BCUT2D eigenvalue weighted by Gasteiger charge is 2.08. The van der Waals surface area contributed by atoms with Crippen LogP contribution in [0.4, 0.5) is 0 Å². The molecule has 1 aliphatic heterocycles. The Balaban J connectivity index is 1.97. The average Bonchev–Trinajstić information content (AvgIpc) is 2.79. The Kier molecular flexibility index (Phi) is 3.38. The molecule has 0 aromatic heterocycles. The first kappa shape index (κ1) is 10.2. The van der Waals surface area contributed by atoms with Crippen LogP contribution in [-0.2, 0) is 6.42 Å². The standard InChI is InChI=1S/C13H17NO/c1-15-13-7-3-2-5-11(13)8-9-12-6-4-10-14-12/h2-3,5,7H,4,6,8-10H2,1H3. The van der Waals surface area contributed by atoms with E-state index in [0.717, 1.165) is 25.1 Å². The van der Waals surface area contributed by atoms with E-state index in [9.17, 15) is 0 Å². The van der Waals surface area contributed by atoms with Gasteiger partial charge >= 0.3 is 0 Å². The van der Waals surface area contributed by atoms with Crippen molar-refractivity contribution in [2.24, 2.45) is 4.99 Å². The normalized spacial score (nSPS) is 15.1. The predicted octanol–water partition coefficient (Wildman–Crippen LogP) is 2.86. The van der Waals surface area contributed by atoms with Crippen molar-refractivity contribution in [3.05, 3.63) is 29.8 Å². The summed E-state index contributed by atoms with van der Waals surface area (Å²) >= 11 is 0. The van der Waals surface area contributed by atoms with E-state index in [2.05, 4.69) is 17.1 Å². The molecule has 0 saturated heterocycles. The molecule has 1 heterocycles. The molecule has 1 aromatic rings. The Labute approximate surface area is 91.0 Å². The largest absolute Gasteiger partial charge is 0.496 e. The topological polar surface area (TPSA) is 21.6 Å². The summed E-state index contributed by atoms with van der Waals surface area (Å²) in [5.74, 6) is 0.996. The Bertz CT molecular complexity index is 357. The lowest BCUT2D eigenvalue weighted by molar-refractivity contribution is 0.410. The fourth-order valence-corrected chi connectivity index (χ4v) is 1.99. The molecule has 15 heavy (non-hydrogen) atoms. The third-order valence-corrected chi connectivity index (χ3v) is 2.83. The zero-order chi connectivity index (χ0) is 10.5. The third-order valence-electron chi connectivity index (χ3n) is 2.83. The van der Waals surface area contributed by atoms with E-state index in [-0.39, 0.29) is 0 Å². The minimum absolute atomic E-state index is 0.996. The lowest BCUT2D eigenvalue weighted by atomic mass is 10.0. The van der Waals surface area contributed by atoms with E-state index >= 15 is 0 Å². The highest BCUT2D eigenvalue weighted by Crippen LogP contribution is 2.20. The number of para-hydroxylation sites is 1. The summed E-state index contributed by atoms with van der Waals surface area (Å²) in [7, 11) is 1.73. The smallest absolute Gasteiger partial charge is 0.122 e. The molecule has 0 N–H and O–H groups in total. The highest BCUT2D eigenvalue weighted by molar-refractivity contribution is 5.86. The van der Waals surface area contributed by atoms with Crippen molar-refractivity contribution >= 4 is 5.71 Å². The van der Waals surface area contributed by atoms with Gasteiger partial charge in [0.05, 0.1) is 7.11 Å². The Morgan fingerprint density at radius 3 is 2.87 bits per heavy atom. The molecule has 2 nitrogen and oxygen atoms in total. The van der Waals surface area contributed by atoms with Gasteiger partial charge in [0.2, 0.25) is 0 Å². The number of nitrogens with zero attached hydrogens (tertiary/aromatic N) is 1. The Morgan fingerprint density at radius 2 is 2.13 bits per heavy atom. The quantitative estimate of drug-likeness (QED) is 0.737. The van der Waals surface area contributed by atoms with Gasteiger partial charge in [-0.2, -0.15) is 0 Å². The van der Waals surface area contributed by atoms with Crippen molar-refractivity contribution in [3.8, 4) is 5.75 Å². The summed E-state index contributed by atoms with van der Waals surface area (Å²) in [6, 6.07) is 8.23. The summed E-state index contributed by atoms with van der Waals surface area (Å²) in [5.41, 5.74) is 2.66. The van der Waals surface area contributed by atoms with Crippen LogP contribution in [0.3, 0.4) is 0 Å². The average molecular weight is 203 g/mol. The molecule has 0 amide bonds. The molecule has 0 saturated carbocycles. The third kappa shape index (κ3) is 2.58. The molecule has 2 rings (SSSR count). The number of methoxy groups -OCH3 is 1. The van der Waals surface area contributed by atoms with Crippen molar-refractivity contribution in [3.63, 3.8) is 0 Å². The van der Waals surface area contributed by atoms with Crippen LogP contribution in [0, 0.1) is 0 Å². The van der Waals surface area contributed by atoms with Crippen molar-refractivity contribution in [1.29, 1.82) is 0 Å². The van der Waals surface area contributed by atoms with Crippen molar-refractivity contribution < 1.29 is 4.74 Å². The van der Waals surface area contributed by atoms with Gasteiger partial charge in [-0.25, -0.2) is 0 Å². The van der Waals surface area contributed by atoms with Crippen LogP contribution in [0.15, 0.2) is 29.3 Å². The van der Waals surface area contributed by atoms with Gasteiger partial charge in [0, 0.05) is 12.3 Å². The second-order valence-electron chi connectivity index (χ2n) is 3.86. The van der Waals surface area contributed by atoms with E-state index in [1.807, 2.05) is 12.1 Å². The first-order valence-corrected chi connectivity index (χ1v) is 5.54. The van der Waals surface area contributed by atoms with Gasteiger partial charge in [0.25, 0.3) is 0 Å². The van der Waals surface area contributed by atoms with Gasteiger partial charge in [0.15, 0.2) is 0 Å². The Hall–Kier alpha value is -1.31. The Morgan fingerprint density at radius 1 is 1.27 bits per heavy atom. The number of benzene rings is 1. The van der Waals surface area contributed by atoms with E-state index in [1.54, 1.807) is 7.11 Å². The van der Waals surface area contributed by atoms with Gasteiger partial charge in [-0.1, -0.05) is 18.2 Å². The van der Waals surface area contributed by atoms with Crippen LogP contribution in [-0.4, -0.2) is 19.4 Å². The van der Waals surface area contributed by atoms with Crippen molar-refractivity contribution in [1.82, 2.24) is 0 Å².